The third kappa shape index (κ3) is 4.30. The van der Waals surface area contributed by atoms with Gasteiger partial charge in [-0.25, -0.2) is 4.98 Å². The Bertz CT molecular complexity index is 1170. The molecule has 0 aliphatic carbocycles. The molecule has 1 N–H and O–H groups in total. The average molecular weight is 443 g/mol. The highest BCUT2D eigenvalue weighted by Crippen LogP contribution is 2.32. The molecule has 7 heteroatoms. The number of nitrogens with zero attached hydrogens (tertiary/aromatic N) is 2. The second kappa shape index (κ2) is 8.29. The summed E-state index contributed by atoms with van der Waals surface area (Å²) in [7, 11) is 0. The van der Waals surface area contributed by atoms with Crippen LogP contribution in [0.4, 0.5) is 5.69 Å². The van der Waals surface area contributed by atoms with Gasteiger partial charge >= 0.3 is 0 Å². The summed E-state index contributed by atoms with van der Waals surface area (Å²) in [5.41, 5.74) is 2.39. The van der Waals surface area contributed by atoms with Gasteiger partial charge in [0.1, 0.15) is 11.5 Å². The van der Waals surface area contributed by atoms with Crippen LogP contribution in [0.3, 0.4) is 0 Å². The summed E-state index contributed by atoms with van der Waals surface area (Å²) in [6, 6.07) is 21.6. The van der Waals surface area contributed by atoms with E-state index in [2.05, 4.69) is 10.3 Å². The van der Waals surface area contributed by atoms with E-state index in [-0.39, 0.29) is 11.6 Å². The molecular formula is C22H14Cl3N3O. The van der Waals surface area contributed by atoms with Crippen LogP contribution < -0.4 is 5.32 Å². The smallest absolute Gasteiger partial charge is 0.275 e. The third-order valence-corrected chi connectivity index (χ3v) is 5.05. The van der Waals surface area contributed by atoms with Crippen LogP contribution in [0.2, 0.25) is 15.1 Å². The van der Waals surface area contributed by atoms with E-state index in [0.717, 1.165) is 5.69 Å². The molecule has 0 bridgehead atoms. The summed E-state index contributed by atoms with van der Waals surface area (Å²) in [6.07, 6.45) is 1.67. The second-order valence-corrected chi connectivity index (χ2v) is 7.52. The van der Waals surface area contributed by atoms with Gasteiger partial charge in [-0.3, -0.25) is 9.36 Å². The second-order valence-electron chi connectivity index (χ2n) is 6.24. The first-order valence-electron chi connectivity index (χ1n) is 8.68. The van der Waals surface area contributed by atoms with E-state index in [1.54, 1.807) is 41.1 Å². The molecule has 144 valence electrons. The summed E-state index contributed by atoms with van der Waals surface area (Å²) in [5, 5.41) is 4.41. The highest BCUT2D eigenvalue weighted by atomic mass is 35.5. The summed E-state index contributed by atoms with van der Waals surface area (Å²) < 4.78 is 1.80. The number of anilines is 1. The number of para-hydroxylation sites is 1. The van der Waals surface area contributed by atoms with Gasteiger partial charge in [-0.1, -0.05) is 53.0 Å². The molecule has 0 spiro atoms. The Labute approximate surface area is 182 Å². The molecule has 0 fully saturated rings. The molecule has 0 aliphatic heterocycles. The topological polar surface area (TPSA) is 46.9 Å². The SMILES string of the molecule is O=C(Nc1ccccc1)c1cn(-c2ccc(Cl)cc2)c(-c2ccc(Cl)cc2Cl)n1. The molecule has 1 aromatic heterocycles. The molecule has 1 amide bonds. The van der Waals surface area contributed by atoms with Crippen molar-refractivity contribution in [3.8, 4) is 17.1 Å². The zero-order valence-electron chi connectivity index (χ0n) is 14.9. The molecule has 3 aromatic carbocycles. The zero-order chi connectivity index (χ0) is 20.4. The summed E-state index contributed by atoms with van der Waals surface area (Å²) >= 11 is 18.5. The minimum Gasteiger partial charge on any atom is -0.321 e. The van der Waals surface area contributed by atoms with Crippen LogP contribution in [-0.4, -0.2) is 15.5 Å². The summed E-state index contributed by atoms with van der Waals surface area (Å²) in [6.45, 7) is 0. The maximum atomic E-state index is 12.8. The molecule has 0 aliphatic rings. The van der Waals surface area contributed by atoms with E-state index in [1.807, 2.05) is 42.5 Å². The molecule has 0 atom stereocenters. The van der Waals surface area contributed by atoms with Crippen LogP contribution in [0, 0.1) is 0 Å². The van der Waals surface area contributed by atoms with Crippen LogP contribution in [0.15, 0.2) is 79.0 Å². The number of imidazole rings is 1. The van der Waals surface area contributed by atoms with Gasteiger partial charge in [-0.05, 0) is 54.6 Å². The lowest BCUT2D eigenvalue weighted by Crippen LogP contribution is -2.12. The first kappa shape index (κ1) is 19.5. The van der Waals surface area contributed by atoms with Gasteiger partial charge in [0.05, 0.1) is 5.02 Å². The number of nitrogens with one attached hydrogen (secondary N) is 1. The van der Waals surface area contributed by atoms with Gasteiger partial charge in [-0.15, -0.1) is 0 Å². The number of carbonyl (C=O) groups is 1. The first-order valence-corrected chi connectivity index (χ1v) is 9.82. The molecule has 0 radical (unpaired) electrons. The van der Waals surface area contributed by atoms with Crippen molar-refractivity contribution >= 4 is 46.4 Å². The van der Waals surface area contributed by atoms with Gasteiger partial charge in [0.2, 0.25) is 0 Å². The molecule has 29 heavy (non-hydrogen) atoms. The number of carbonyl (C=O) groups excluding carboxylic acids is 1. The van der Waals surface area contributed by atoms with Crippen LogP contribution in [0.1, 0.15) is 10.5 Å². The fourth-order valence-corrected chi connectivity index (χ4v) is 3.48. The van der Waals surface area contributed by atoms with Crippen molar-refractivity contribution in [2.24, 2.45) is 0 Å². The normalized spacial score (nSPS) is 10.7. The maximum absolute atomic E-state index is 12.8. The number of rotatable bonds is 4. The minimum absolute atomic E-state index is 0.254. The van der Waals surface area contributed by atoms with Crippen molar-refractivity contribution < 1.29 is 4.79 Å². The van der Waals surface area contributed by atoms with Gasteiger partial charge in [-0.2, -0.15) is 0 Å². The van der Waals surface area contributed by atoms with Gasteiger partial charge in [0.25, 0.3) is 5.91 Å². The number of halogens is 3. The first-order chi connectivity index (χ1) is 14.0. The summed E-state index contributed by atoms with van der Waals surface area (Å²) in [4.78, 5) is 17.3. The van der Waals surface area contributed by atoms with Crippen LogP contribution in [0.25, 0.3) is 17.1 Å². The molecule has 0 unspecified atom stereocenters. The van der Waals surface area contributed by atoms with Crippen LogP contribution in [-0.2, 0) is 0 Å². The fraction of sp³-hybridized carbons (Fsp3) is 0. The number of hydrogen-bond acceptors (Lipinski definition) is 2. The molecule has 0 saturated carbocycles. The largest absolute Gasteiger partial charge is 0.321 e. The van der Waals surface area contributed by atoms with Crippen molar-refractivity contribution in [2.75, 3.05) is 5.32 Å². The van der Waals surface area contributed by atoms with E-state index < -0.39 is 0 Å². The predicted molar refractivity (Wildman–Crippen MR) is 118 cm³/mol. The van der Waals surface area contributed by atoms with E-state index in [1.165, 1.54) is 0 Å². The van der Waals surface area contributed by atoms with Crippen LogP contribution in [0.5, 0.6) is 0 Å². The van der Waals surface area contributed by atoms with Crippen molar-refractivity contribution in [1.29, 1.82) is 0 Å². The van der Waals surface area contributed by atoms with E-state index in [4.69, 9.17) is 34.8 Å². The van der Waals surface area contributed by atoms with Gasteiger partial charge < -0.3 is 5.32 Å². The fourth-order valence-electron chi connectivity index (χ4n) is 2.87. The van der Waals surface area contributed by atoms with Gasteiger partial charge in [0.15, 0.2) is 0 Å². The maximum Gasteiger partial charge on any atom is 0.275 e. The van der Waals surface area contributed by atoms with E-state index in [9.17, 15) is 4.79 Å². The Hall–Kier alpha value is -2.79. The third-order valence-electron chi connectivity index (χ3n) is 4.25. The van der Waals surface area contributed by atoms with Crippen molar-refractivity contribution in [1.82, 2.24) is 9.55 Å². The molecule has 4 aromatic rings. The zero-order valence-corrected chi connectivity index (χ0v) is 17.2. The highest BCUT2D eigenvalue weighted by Gasteiger charge is 2.19. The Morgan fingerprint density at radius 1 is 0.862 bits per heavy atom. The average Bonchev–Trinajstić information content (AvgIpc) is 3.14. The molecule has 4 rings (SSSR count). The molecular weight excluding hydrogens is 429 g/mol. The van der Waals surface area contributed by atoms with E-state index in [0.29, 0.717) is 32.1 Å². The lowest BCUT2D eigenvalue weighted by molar-refractivity contribution is 0.102. The molecule has 0 saturated heterocycles. The van der Waals surface area contributed by atoms with Gasteiger partial charge in [0, 0.05) is 33.2 Å². The van der Waals surface area contributed by atoms with E-state index >= 15 is 0 Å². The Morgan fingerprint density at radius 3 is 2.24 bits per heavy atom. The van der Waals surface area contributed by atoms with Crippen molar-refractivity contribution in [3.05, 3.63) is 99.8 Å². The van der Waals surface area contributed by atoms with Crippen molar-refractivity contribution in [2.45, 2.75) is 0 Å². The lowest BCUT2D eigenvalue weighted by atomic mass is 10.2. The number of amides is 1. The van der Waals surface area contributed by atoms with Crippen LogP contribution >= 0.6 is 34.8 Å². The number of aromatic nitrogens is 2. The standard InChI is InChI=1S/C22H14Cl3N3O/c23-14-6-9-17(10-7-14)28-13-20(22(29)26-16-4-2-1-3-5-16)27-21(28)18-11-8-15(24)12-19(18)25/h1-13H,(H,26,29). The predicted octanol–water partition coefficient (Wildman–Crippen LogP) is 6.75. The molecule has 4 nitrogen and oxygen atoms in total. The summed E-state index contributed by atoms with van der Waals surface area (Å²) in [5.74, 6) is 0.197. The minimum atomic E-state index is -0.324. The highest BCUT2D eigenvalue weighted by molar-refractivity contribution is 6.36. The monoisotopic (exact) mass is 441 g/mol. The number of benzene rings is 3. The molecule has 1 heterocycles. The Morgan fingerprint density at radius 2 is 1.55 bits per heavy atom. The quantitative estimate of drug-likeness (QED) is 0.380. The number of hydrogen-bond donors (Lipinski definition) is 1. The van der Waals surface area contributed by atoms with Crippen molar-refractivity contribution in [3.63, 3.8) is 0 Å². The Kier molecular flexibility index (Phi) is 5.58. The Balaban J connectivity index is 1.80. The lowest BCUT2D eigenvalue weighted by Gasteiger charge is -2.09.